The first kappa shape index (κ1) is 17.4. The molecule has 1 N–H and O–H groups in total. The number of hydrogen-bond acceptors (Lipinski definition) is 3. The summed E-state index contributed by atoms with van der Waals surface area (Å²) < 4.78 is 0. The number of nitrogens with zero attached hydrogens (tertiary/aromatic N) is 1. The van der Waals surface area contributed by atoms with Crippen molar-refractivity contribution in [2.75, 3.05) is 11.4 Å². The minimum atomic E-state index is -1.93. The Bertz CT molecular complexity index is 860. The molecule has 0 aliphatic carbocycles. The summed E-state index contributed by atoms with van der Waals surface area (Å²) in [5, 5.41) is 11.5. The summed E-state index contributed by atoms with van der Waals surface area (Å²) >= 11 is 6.05. The average molecular weight is 356 g/mol. The Morgan fingerprint density at radius 3 is 2.60 bits per heavy atom. The molecule has 1 amide bonds. The molecule has 25 heavy (non-hydrogen) atoms. The Labute approximate surface area is 151 Å². The van der Waals surface area contributed by atoms with E-state index in [0.29, 0.717) is 21.8 Å². The van der Waals surface area contributed by atoms with Gasteiger partial charge in [0.05, 0.1) is 12.1 Å². The van der Waals surface area contributed by atoms with Crippen LogP contribution in [-0.4, -0.2) is 23.3 Å². The zero-order valence-electron chi connectivity index (χ0n) is 13.8. The van der Waals surface area contributed by atoms with Crippen molar-refractivity contribution >= 4 is 29.0 Å². The number of aryl methyl sites for hydroxylation is 1. The van der Waals surface area contributed by atoms with Crippen molar-refractivity contribution in [2.24, 2.45) is 0 Å². The number of halogens is 1. The molecule has 0 spiro atoms. The monoisotopic (exact) mass is 355 g/mol. The lowest BCUT2D eigenvalue weighted by Crippen LogP contribution is -2.41. The van der Waals surface area contributed by atoms with Gasteiger partial charge in [0.2, 0.25) is 0 Å². The van der Waals surface area contributed by atoms with Crippen molar-refractivity contribution < 1.29 is 14.7 Å². The van der Waals surface area contributed by atoms with Gasteiger partial charge in [0.15, 0.2) is 11.4 Å². The van der Waals surface area contributed by atoms with E-state index in [-0.39, 0.29) is 18.7 Å². The number of hydrogen-bond donors (Lipinski definition) is 1. The van der Waals surface area contributed by atoms with Crippen LogP contribution in [0.1, 0.15) is 27.9 Å². The molecule has 0 unspecified atom stereocenters. The topological polar surface area (TPSA) is 57.6 Å². The molecule has 0 aromatic heterocycles. The molecule has 0 saturated heterocycles. The van der Waals surface area contributed by atoms with Gasteiger partial charge in [-0.1, -0.05) is 47.5 Å². The second-order valence-electron chi connectivity index (χ2n) is 6.19. The lowest BCUT2D eigenvalue weighted by molar-refractivity contribution is -0.135. The summed E-state index contributed by atoms with van der Waals surface area (Å²) in [7, 11) is 0. The molecular weight excluding hydrogens is 338 g/mol. The third-order valence-corrected chi connectivity index (χ3v) is 4.63. The Morgan fingerprint density at radius 1 is 1.28 bits per heavy atom. The maximum atomic E-state index is 12.8. The van der Waals surface area contributed by atoms with Crippen LogP contribution in [0.3, 0.4) is 0 Å². The van der Waals surface area contributed by atoms with Gasteiger partial charge in [0.1, 0.15) is 0 Å². The lowest BCUT2D eigenvalue weighted by atomic mass is 9.88. The number of anilines is 1. The minimum Gasteiger partial charge on any atom is -0.375 e. The second kappa shape index (κ2) is 6.47. The molecule has 0 saturated carbocycles. The molecule has 0 radical (unpaired) electrons. The number of fused-ring (bicyclic) bond motifs is 1. The summed E-state index contributed by atoms with van der Waals surface area (Å²) in [6, 6.07) is 11.9. The number of carbonyl (C=O) groups excluding carboxylic acids is 2. The normalized spacial score (nSPS) is 19.0. The van der Waals surface area contributed by atoms with E-state index in [1.165, 1.54) is 4.90 Å². The summed E-state index contributed by atoms with van der Waals surface area (Å²) in [5.41, 5.74) is 0.463. The van der Waals surface area contributed by atoms with Gasteiger partial charge in [-0.2, -0.15) is 0 Å². The van der Waals surface area contributed by atoms with Crippen molar-refractivity contribution in [1.82, 2.24) is 0 Å². The van der Waals surface area contributed by atoms with E-state index in [1.54, 1.807) is 36.4 Å². The van der Waals surface area contributed by atoms with Crippen LogP contribution < -0.4 is 4.90 Å². The minimum absolute atomic E-state index is 0.245. The van der Waals surface area contributed by atoms with Crippen molar-refractivity contribution in [1.29, 1.82) is 0 Å². The fraction of sp³-hybridized carbons (Fsp3) is 0.200. The van der Waals surface area contributed by atoms with E-state index < -0.39 is 11.5 Å². The highest BCUT2D eigenvalue weighted by Crippen LogP contribution is 2.44. The van der Waals surface area contributed by atoms with E-state index in [4.69, 9.17) is 11.6 Å². The maximum Gasteiger partial charge on any atom is 0.264 e. The van der Waals surface area contributed by atoms with Gasteiger partial charge in [0, 0.05) is 22.7 Å². The SMILES string of the molecule is C=CCN1C(=O)[C@](O)(CC(=O)c2ccc(C)cc2)c2cc(Cl)ccc21. The quantitative estimate of drug-likeness (QED) is 0.658. The molecule has 128 valence electrons. The summed E-state index contributed by atoms with van der Waals surface area (Å²) in [6.45, 7) is 5.81. The highest BCUT2D eigenvalue weighted by molar-refractivity contribution is 6.31. The molecular formula is C20H18ClNO3. The molecule has 1 aliphatic heterocycles. The fourth-order valence-corrected chi connectivity index (χ4v) is 3.25. The van der Waals surface area contributed by atoms with Crippen LogP contribution in [-0.2, 0) is 10.4 Å². The molecule has 1 heterocycles. The van der Waals surface area contributed by atoms with Gasteiger partial charge in [-0.05, 0) is 25.1 Å². The summed E-state index contributed by atoms with van der Waals surface area (Å²) in [5.74, 6) is -0.840. The average Bonchev–Trinajstić information content (AvgIpc) is 2.77. The van der Waals surface area contributed by atoms with E-state index in [0.717, 1.165) is 5.56 Å². The number of benzene rings is 2. The highest BCUT2D eigenvalue weighted by Gasteiger charge is 2.50. The zero-order valence-corrected chi connectivity index (χ0v) is 14.6. The molecule has 0 bridgehead atoms. The van der Waals surface area contributed by atoms with E-state index >= 15 is 0 Å². The number of ketones is 1. The number of carbonyl (C=O) groups is 2. The van der Waals surface area contributed by atoms with Crippen LogP contribution in [0.5, 0.6) is 0 Å². The van der Waals surface area contributed by atoms with Gasteiger partial charge in [-0.25, -0.2) is 0 Å². The van der Waals surface area contributed by atoms with Crippen LogP contribution in [0.2, 0.25) is 5.02 Å². The molecule has 2 aromatic rings. The first-order valence-corrected chi connectivity index (χ1v) is 8.30. The predicted octanol–water partition coefficient (Wildman–Crippen LogP) is 3.64. The molecule has 1 aliphatic rings. The maximum absolute atomic E-state index is 12.8. The van der Waals surface area contributed by atoms with Crippen molar-refractivity contribution in [2.45, 2.75) is 18.9 Å². The molecule has 0 fully saturated rings. The molecule has 2 aromatic carbocycles. The Morgan fingerprint density at radius 2 is 1.96 bits per heavy atom. The molecule has 3 rings (SSSR count). The third-order valence-electron chi connectivity index (χ3n) is 4.40. The third kappa shape index (κ3) is 2.99. The number of Topliss-reactive ketones (excluding diaryl/α,β-unsaturated/α-hetero) is 1. The van der Waals surface area contributed by atoms with E-state index in [1.807, 2.05) is 19.1 Å². The van der Waals surface area contributed by atoms with Gasteiger partial charge in [0.25, 0.3) is 5.91 Å². The number of rotatable bonds is 5. The first-order chi connectivity index (χ1) is 11.9. The lowest BCUT2D eigenvalue weighted by Gasteiger charge is -2.22. The van der Waals surface area contributed by atoms with Gasteiger partial charge in [-0.15, -0.1) is 6.58 Å². The van der Waals surface area contributed by atoms with Crippen molar-refractivity contribution in [3.05, 3.63) is 76.8 Å². The van der Waals surface area contributed by atoms with Crippen LogP contribution in [0.15, 0.2) is 55.1 Å². The molecule has 5 heteroatoms. The number of amides is 1. The van der Waals surface area contributed by atoms with Crippen LogP contribution in [0, 0.1) is 6.92 Å². The van der Waals surface area contributed by atoms with E-state index in [9.17, 15) is 14.7 Å². The van der Waals surface area contributed by atoms with Gasteiger partial charge < -0.3 is 10.0 Å². The van der Waals surface area contributed by atoms with E-state index in [2.05, 4.69) is 6.58 Å². The summed E-state index contributed by atoms with van der Waals surface area (Å²) in [6.07, 6.45) is 1.24. The fourth-order valence-electron chi connectivity index (χ4n) is 3.08. The number of aliphatic hydroxyl groups is 1. The zero-order chi connectivity index (χ0) is 18.2. The molecule has 1 atom stereocenters. The van der Waals surface area contributed by atoms with Crippen LogP contribution in [0.25, 0.3) is 0 Å². The summed E-state index contributed by atoms with van der Waals surface area (Å²) in [4.78, 5) is 26.9. The van der Waals surface area contributed by atoms with Gasteiger partial charge >= 0.3 is 0 Å². The first-order valence-electron chi connectivity index (χ1n) is 7.92. The van der Waals surface area contributed by atoms with Crippen LogP contribution in [0.4, 0.5) is 5.69 Å². The van der Waals surface area contributed by atoms with Crippen LogP contribution >= 0.6 is 11.6 Å². The highest BCUT2D eigenvalue weighted by atomic mass is 35.5. The smallest absolute Gasteiger partial charge is 0.264 e. The molecule has 4 nitrogen and oxygen atoms in total. The van der Waals surface area contributed by atoms with Gasteiger partial charge in [-0.3, -0.25) is 9.59 Å². The second-order valence-corrected chi connectivity index (χ2v) is 6.63. The predicted molar refractivity (Wildman–Crippen MR) is 98.0 cm³/mol. The Balaban J connectivity index is 2.00. The standard InChI is InChI=1S/C20H18ClNO3/c1-3-10-22-17-9-8-15(21)11-16(17)20(25,19(22)24)12-18(23)14-6-4-13(2)5-7-14/h3-9,11,25H,1,10,12H2,2H3/t20-/m0/s1. The van der Waals surface area contributed by atoms with Crippen molar-refractivity contribution in [3.8, 4) is 0 Å². The largest absolute Gasteiger partial charge is 0.375 e. The Kier molecular flexibility index (Phi) is 4.50. The van der Waals surface area contributed by atoms with Crippen molar-refractivity contribution in [3.63, 3.8) is 0 Å². The Hall–Kier alpha value is -2.43.